The second-order valence-corrected chi connectivity index (χ2v) is 9.36. The van der Waals surface area contributed by atoms with E-state index in [2.05, 4.69) is 15.9 Å². The minimum Gasteiger partial charge on any atom is -0.335 e. The fourth-order valence-corrected chi connectivity index (χ4v) is 5.55. The fourth-order valence-electron chi connectivity index (χ4n) is 2.64. The zero-order valence-corrected chi connectivity index (χ0v) is 16.3. The van der Waals surface area contributed by atoms with E-state index in [4.69, 9.17) is 0 Å². The molecule has 1 aromatic heterocycles. The molecule has 0 atom stereocenters. The summed E-state index contributed by atoms with van der Waals surface area (Å²) in [6, 6.07) is 8.61. The third-order valence-corrected chi connectivity index (χ3v) is 7.41. The molecular formula is C16H17BrN2O3S2. The molecule has 1 saturated heterocycles. The highest BCUT2D eigenvalue weighted by Gasteiger charge is 2.31. The van der Waals surface area contributed by atoms with E-state index in [9.17, 15) is 13.2 Å². The minimum atomic E-state index is -3.53. The van der Waals surface area contributed by atoms with Crippen molar-refractivity contribution in [1.82, 2.24) is 9.21 Å². The van der Waals surface area contributed by atoms with Gasteiger partial charge in [-0.05, 0) is 42.1 Å². The van der Waals surface area contributed by atoms with Crippen LogP contribution in [-0.4, -0.2) is 49.7 Å². The van der Waals surface area contributed by atoms with Gasteiger partial charge < -0.3 is 4.90 Å². The zero-order valence-electron chi connectivity index (χ0n) is 13.1. The molecule has 0 bridgehead atoms. The van der Waals surface area contributed by atoms with Crippen LogP contribution in [0.3, 0.4) is 0 Å². The third-order valence-electron chi connectivity index (χ3n) is 4.02. The van der Waals surface area contributed by atoms with E-state index in [0.717, 1.165) is 14.9 Å². The molecular weight excluding hydrogens is 412 g/mol. The molecule has 0 saturated carbocycles. The Morgan fingerprint density at radius 1 is 1.17 bits per heavy atom. The first-order valence-corrected chi connectivity index (χ1v) is 10.6. The number of piperazine rings is 1. The average molecular weight is 429 g/mol. The molecule has 1 fully saturated rings. The van der Waals surface area contributed by atoms with Crippen LogP contribution < -0.4 is 0 Å². The lowest BCUT2D eigenvalue weighted by molar-refractivity contribution is 0.0702. The van der Waals surface area contributed by atoms with Crippen molar-refractivity contribution >= 4 is 43.2 Å². The third kappa shape index (κ3) is 3.42. The number of halogens is 1. The number of thiophene rings is 1. The Morgan fingerprint density at radius 2 is 1.88 bits per heavy atom. The van der Waals surface area contributed by atoms with Gasteiger partial charge in [0.25, 0.3) is 5.91 Å². The predicted molar refractivity (Wildman–Crippen MR) is 97.9 cm³/mol. The second kappa shape index (κ2) is 6.95. The van der Waals surface area contributed by atoms with Crippen molar-refractivity contribution in [3.63, 3.8) is 0 Å². The molecule has 2 aromatic rings. The maximum Gasteiger partial charge on any atom is 0.264 e. The smallest absolute Gasteiger partial charge is 0.264 e. The van der Waals surface area contributed by atoms with E-state index in [0.29, 0.717) is 26.2 Å². The van der Waals surface area contributed by atoms with Crippen LogP contribution in [0.2, 0.25) is 0 Å². The van der Waals surface area contributed by atoms with Crippen molar-refractivity contribution in [3.8, 4) is 0 Å². The summed E-state index contributed by atoms with van der Waals surface area (Å²) in [5, 5.41) is 1.90. The predicted octanol–water partition coefficient (Wildman–Crippen LogP) is 2.97. The Kier molecular flexibility index (Phi) is 5.10. The Bertz CT molecular complexity index is 856. The molecule has 0 aliphatic carbocycles. The quantitative estimate of drug-likeness (QED) is 0.754. The molecule has 24 heavy (non-hydrogen) atoms. The minimum absolute atomic E-state index is 0.0120. The van der Waals surface area contributed by atoms with E-state index in [1.54, 1.807) is 29.2 Å². The van der Waals surface area contributed by atoms with Crippen LogP contribution in [0.1, 0.15) is 15.2 Å². The number of carbonyl (C=O) groups excluding carboxylic acids is 1. The lowest BCUT2D eigenvalue weighted by Gasteiger charge is -2.34. The molecule has 0 spiro atoms. The van der Waals surface area contributed by atoms with E-state index in [1.165, 1.54) is 15.6 Å². The highest BCUT2D eigenvalue weighted by atomic mass is 79.9. The summed E-state index contributed by atoms with van der Waals surface area (Å²) in [6.45, 7) is 3.35. The van der Waals surface area contributed by atoms with Crippen LogP contribution in [0.25, 0.3) is 0 Å². The molecule has 0 N–H and O–H groups in total. The fraction of sp³-hybridized carbons (Fsp3) is 0.312. The van der Waals surface area contributed by atoms with Crippen LogP contribution in [0.5, 0.6) is 0 Å². The van der Waals surface area contributed by atoms with Crippen molar-refractivity contribution in [2.45, 2.75) is 11.8 Å². The normalized spacial score (nSPS) is 16.3. The van der Waals surface area contributed by atoms with Crippen LogP contribution >= 0.6 is 27.3 Å². The number of benzene rings is 1. The molecule has 0 unspecified atom stereocenters. The molecule has 2 heterocycles. The van der Waals surface area contributed by atoms with Crippen molar-refractivity contribution in [3.05, 3.63) is 50.6 Å². The number of carbonyl (C=O) groups is 1. The lowest BCUT2D eigenvalue weighted by atomic mass is 10.2. The summed E-state index contributed by atoms with van der Waals surface area (Å²) >= 11 is 4.73. The first-order valence-electron chi connectivity index (χ1n) is 7.48. The molecule has 3 rings (SSSR count). The van der Waals surface area contributed by atoms with Gasteiger partial charge in [0.1, 0.15) is 0 Å². The SMILES string of the molecule is Cc1ccsc1C(=O)N1CCN(S(=O)(=O)c2cccc(Br)c2)CC1. The Morgan fingerprint density at radius 3 is 2.46 bits per heavy atom. The molecule has 0 radical (unpaired) electrons. The van der Waals surface area contributed by atoms with Gasteiger partial charge in [-0.25, -0.2) is 8.42 Å². The van der Waals surface area contributed by atoms with Crippen molar-refractivity contribution < 1.29 is 13.2 Å². The molecule has 1 aromatic carbocycles. The van der Waals surface area contributed by atoms with Crippen molar-refractivity contribution in [2.24, 2.45) is 0 Å². The maximum absolute atomic E-state index is 12.7. The van der Waals surface area contributed by atoms with Crippen molar-refractivity contribution in [1.29, 1.82) is 0 Å². The van der Waals surface area contributed by atoms with Gasteiger partial charge in [0, 0.05) is 30.7 Å². The van der Waals surface area contributed by atoms with Gasteiger partial charge in [-0.3, -0.25) is 4.79 Å². The summed E-state index contributed by atoms with van der Waals surface area (Å²) in [4.78, 5) is 15.2. The highest BCUT2D eigenvalue weighted by molar-refractivity contribution is 9.10. The van der Waals surface area contributed by atoms with Crippen LogP contribution in [0.4, 0.5) is 0 Å². The summed E-state index contributed by atoms with van der Waals surface area (Å²) in [7, 11) is -3.53. The average Bonchev–Trinajstić information content (AvgIpc) is 3.00. The molecule has 1 aliphatic heterocycles. The topological polar surface area (TPSA) is 57.7 Å². The Balaban J connectivity index is 1.71. The summed E-state index contributed by atoms with van der Waals surface area (Å²) in [5.41, 5.74) is 0.967. The van der Waals surface area contributed by atoms with Crippen LogP contribution in [0.15, 0.2) is 45.1 Å². The first-order chi connectivity index (χ1) is 11.4. The number of aryl methyl sites for hydroxylation is 1. The largest absolute Gasteiger partial charge is 0.335 e. The van der Waals surface area contributed by atoms with Gasteiger partial charge in [-0.15, -0.1) is 11.3 Å². The van der Waals surface area contributed by atoms with Gasteiger partial charge in [-0.2, -0.15) is 4.31 Å². The van der Waals surface area contributed by atoms with Gasteiger partial charge in [-0.1, -0.05) is 22.0 Å². The monoisotopic (exact) mass is 428 g/mol. The number of amides is 1. The van der Waals surface area contributed by atoms with E-state index >= 15 is 0 Å². The van der Waals surface area contributed by atoms with Gasteiger partial charge >= 0.3 is 0 Å². The molecule has 1 aliphatic rings. The van der Waals surface area contributed by atoms with Gasteiger partial charge in [0.2, 0.25) is 10.0 Å². The number of hydrogen-bond donors (Lipinski definition) is 0. The van der Waals surface area contributed by atoms with Gasteiger partial charge in [0.15, 0.2) is 0 Å². The van der Waals surface area contributed by atoms with Crippen LogP contribution in [0, 0.1) is 6.92 Å². The highest BCUT2D eigenvalue weighted by Crippen LogP contribution is 2.23. The summed E-state index contributed by atoms with van der Waals surface area (Å²) in [6.07, 6.45) is 0. The first kappa shape index (κ1) is 17.6. The molecule has 1 amide bonds. The molecule has 8 heteroatoms. The Hall–Kier alpha value is -1.22. The van der Waals surface area contributed by atoms with E-state index in [-0.39, 0.29) is 10.8 Å². The zero-order chi connectivity index (χ0) is 17.3. The lowest BCUT2D eigenvalue weighted by Crippen LogP contribution is -2.50. The van der Waals surface area contributed by atoms with E-state index < -0.39 is 10.0 Å². The maximum atomic E-state index is 12.7. The van der Waals surface area contributed by atoms with Crippen LogP contribution in [-0.2, 0) is 10.0 Å². The number of hydrogen-bond acceptors (Lipinski definition) is 4. The van der Waals surface area contributed by atoms with Gasteiger partial charge in [0.05, 0.1) is 9.77 Å². The number of sulfonamides is 1. The summed E-state index contributed by atoms with van der Waals surface area (Å²) < 4.78 is 27.6. The number of rotatable bonds is 3. The standard InChI is InChI=1S/C16H17BrN2O3S2/c1-12-5-10-23-15(12)16(20)18-6-8-19(9-7-18)24(21,22)14-4-2-3-13(17)11-14/h2-5,10-11H,6-9H2,1H3. The molecule has 5 nitrogen and oxygen atoms in total. The summed E-state index contributed by atoms with van der Waals surface area (Å²) in [5.74, 6) is -0.0120. The second-order valence-electron chi connectivity index (χ2n) is 5.59. The Labute approximate surface area is 154 Å². The van der Waals surface area contributed by atoms with Crippen molar-refractivity contribution in [2.75, 3.05) is 26.2 Å². The number of nitrogens with zero attached hydrogens (tertiary/aromatic N) is 2. The molecule has 128 valence electrons. The van der Waals surface area contributed by atoms with E-state index in [1.807, 2.05) is 18.4 Å².